The molecule has 0 aromatic carbocycles. The third-order valence-corrected chi connectivity index (χ3v) is 0.985. The van der Waals surface area contributed by atoms with Crippen LogP contribution in [0, 0.1) is 23.7 Å². The fraction of sp³-hybridized carbons (Fsp3) is 0.333. The van der Waals surface area contributed by atoms with Crippen LogP contribution in [0.3, 0.4) is 0 Å². The van der Waals surface area contributed by atoms with E-state index in [1.54, 1.807) is 0 Å². The highest BCUT2D eigenvalue weighted by atomic mass is 16.2. The van der Waals surface area contributed by atoms with E-state index in [-0.39, 0.29) is 13.0 Å². The maximum atomic E-state index is 10.8. The van der Waals surface area contributed by atoms with Crippen LogP contribution >= 0.6 is 0 Å². The first-order valence-corrected chi connectivity index (χ1v) is 3.54. The van der Waals surface area contributed by atoms with Gasteiger partial charge in [0.25, 0.3) is 5.91 Å². The minimum atomic E-state index is -0.442. The predicted molar refractivity (Wildman–Crippen MR) is 46.3 cm³/mol. The molecule has 1 amide bonds. The molecule has 0 bridgehead atoms. The summed E-state index contributed by atoms with van der Waals surface area (Å²) < 4.78 is 0. The van der Waals surface area contributed by atoms with Crippen LogP contribution in [0.1, 0.15) is 6.42 Å². The molecule has 68 valence electrons. The van der Waals surface area contributed by atoms with Crippen LogP contribution in [0.4, 0.5) is 0 Å². The summed E-state index contributed by atoms with van der Waals surface area (Å²) in [5.41, 5.74) is 0. The molecule has 0 aliphatic rings. The Kier molecular flexibility index (Phi) is 5.96. The molecule has 4 nitrogen and oxygen atoms in total. The molecule has 0 unspecified atom stereocenters. The molecular weight excluding hydrogens is 170 g/mol. The van der Waals surface area contributed by atoms with Crippen LogP contribution < -0.4 is 5.32 Å². The van der Waals surface area contributed by atoms with E-state index in [1.807, 2.05) is 0 Å². The molecule has 0 radical (unpaired) electrons. The van der Waals surface area contributed by atoms with Gasteiger partial charge in [0, 0.05) is 7.05 Å². The number of carbonyl (C=O) groups is 2. The number of nitrogens with one attached hydrogen (secondary N) is 1. The number of hydrogen-bond acceptors (Lipinski definition) is 3. The van der Waals surface area contributed by atoms with Crippen LogP contribution in [-0.2, 0) is 9.59 Å². The normalized spacial score (nSPS) is 7.23. The summed E-state index contributed by atoms with van der Waals surface area (Å²) in [5, 5.41) is 10.5. The summed E-state index contributed by atoms with van der Waals surface area (Å²) in [6.07, 6.45) is -0.0968. The highest BCUT2D eigenvalue weighted by Crippen LogP contribution is 1.77. The second kappa shape index (κ2) is 6.90. The van der Waals surface area contributed by atoms with Crippen molar-refractivity contribution in [2.24, 2.45) is 0 Å². The largest absolute Gasteiger partial charge is 0.384 e. The zero-order valence-electron chi connectivity index (χ0n) is 7.18. The summed E-state index contributed by atoms with van der Waals surface area (Å²) in [4.78, 5) is 21.3. The number of aliphatic hydroxyl groups is 1. The lowest BCUT2D eigenvalue weighted by Crippen LogP contribution is -2.14. The third kappa shape index (κ3) is 6.61. The van der Waals surface area contributed by atoms with Gasteiger partial charge in [-0.25, -0.2) is 0 Å². The quantitative estimate of drug-likeness (QED) is 0.388. The lowest BCUT2D eigenvalue weighted by atomic mass is 10.3. The number of carbonyl (C=O) groups excluding carboxylic acids is 2. The van der Waals surface area contributed by atoms with E-state index in [4.69, 9.17) is 5.11 Å². The van der Waals surface area contributed by atoms with E-state index >= 15 is 0 Å². The van der Waals surface area contributed by atoms with Crippen LogP contribution in [0.2, 0.25) is 0 Å². The number of hydrogen-bond donors (Lipinski definition) is 2. The van der Waals surface area contributed by atoms with Gasteiger partial charge in [0.15, 0.2) is 0 Å². The van der Waals surface area contributed by atoms with E-state index in [2.05, 4.69) is 29.0 Å². The Morgan fingerprint density at radius 2 is 2.00 bits per heavy atom. The molecule has 13 heavy (non-hydrogen) atoms. The lowest BCUT2D eigenvalue weighted by Gasteiger charge is -1.83. The topological polar surface area (TPSA) is 66.4 Å². The van der Waals surface area contributed by atoms with Gasteiger partial charge in [-0.05, 0) is 11.8 Å². The fourth-order valence-corrected chi connectivity index (χ4v) is 0.450. The number of Topliss-reactive ketones (excluding diaryl/α,β-unsaturated/α-hetero) is 1. The molecule has 0 saturated carbocycles. The zero-order valence-corrected chi connectivity index (χ0v) is 7.18. The summed E-state index contributed by atoms with van der Waals surface area (Å²) in [7, 11) is 1.45. The molecule has 0 spiro atoms. The maximum absolute atomic E-state index is 10.8. The van der Waals surface area contributed by atoms with Crippen molar-refractivity contribution in [3.63, 3.8) is 0 Å². The summed E-state index contributed by atoms with van der Waals surface area (Å²) in [5.74, 6) is 8.02. The number of rotatable bonds is 1. The molecule has 0 aliphatic carbocycles. The predicted octanol–water partition coefficient (Wildman–Crippen LogP) is -1.31. The maximum Gasteiger partial charge on any atom is 0.295 e. The van der Waals surface area contributed by atoms with Gasteiger partial charge in [0.1, 0.15) is 6.61 Å². The van der Waals surface area contributed by atoms with Crippen LogP contribution in [0.15, 0.2) is 0 Å². The second-order valence-electron chi connectivity index (χ2n) is 1.94. The molecule has 0 saturated heterocycles. The molecule has 0 rings (SSSR count). The van der Waals surface area contributed by atoms with E-state index in [0.29, 0.717) is 0 Å². The van der Waals surface area contributed by atoms with Crippen molar-refractivity contribution >= 4 is 11.7 Å². The van der Waals surface area contributed by atoms with Crippen molar-refractivity contribution < 1.29 is 14.7 Å². The number of amides is 1. The first kappa shape index (κ1) is 11.2. The highest BCUT2D eigenvalue weighted by molar-refractivity contribution is 5.99. The molecular formula is C9H9NO3. The molecule has 4 heteroatoms. The van der Waals surface area contributed by atoms with E-state index < -0.39 is 11.7 Å². The SMILES string of the molecule is CNC(=O)C#CCC(=O)C#CCO. The Labute approximate surface area is 76.3 Å². The van der Waals surface area contributed by atoms with Crippen molar-refractivity contribution in [2.75, 3.05) is 13.7 Å². The number of ketones is 1. The van der Waals surface area contributed by atoms with E-state index in [1.165, 1.54) is 7.05 Å². The smallest absolute Gasteiger partial charge is 0.295 e. The first-order chi connectivity index (χ1) is 6.20. The molecule has 0 aliphatic heterocycles. The van der Waals surface area contributed by atoms with Crippen molar-refractivity contribution in [3.05, 3.63) is 0 Å². The summed E-state index contributed by atoms with van der Waals surface area (Å²) >= 11 is 0. The molecule has 0 aromatic rings. The monoisotopic (exact) mass is 179 g/mol. The van der Waals surface area contributed by atoms with Gasteiger partial charge in [-0.2, -0.15) is 0 Å². The van der Waals surface area contributed by atoms with Crippen LogP contribution in [0.5, 0.6) is 0 Å². The van der Waals surface area contributed by atoms with Crippen LogP contribution in [0.25, 0.3) is 0 Å². The highest BCUT2D eigenvalue weighted by Gasteiger charge is 1.92. The van der Waals surface area contributed by atoms with Gasteiger partial charge >= 0.3 is 0 Å². The summed E-state index contributed by atoms with van der Waals surface area (Å²) in [6.45, 7) is -0.353. The van der Waals surface area contributed by atoms with Gasteiger partial charge in [-0.15, -0.1) is 0 Å². The third-order valence-electron chi connectivity index (χ3n) is 0.985. The van der Waals surface area contributed by atoms with Crippen molar-refractivity contribution in [1.29, 1.82) is 0 Å². The molecule has 0 atom stereocenters. The van der Waals surface area contributed by atoms with Crippen LogP contribution in [-0.4, -0.2) is 30.5 Å². The average molecular weight is 179 g/mol. The van der Waals surface area contributed by atoms with Gasteiger partial charge < -0.3 is 10.4 Å². The minimum absolute atomic E-state index is 0.0968. The van der Waals surface area contributed by atoms with E-state index in [0.717, 1.165) is 0 Å². The van der Waals surface area contributed by atoms with Gasteiger partial charge in [0.2, 0.25) is 5.78 Å². The van der Waals surface area contributed by atoms with Crippen molar-refractivity contribution in [3.8, 4) is 23.7 Å². The standard InChI is InChI=1S/C9H9NO3/c1-10-9(13)6-2-4-8(12)5-3-7-11/h11H,4,7H2,1H3,(H,10,13). The summed E-state index contributed by atoms with van der Waals surface area (Å²) in [6, 6.07) is 0. The molecule has 2 N–H and O–H groups in total. The fourth-order valence-electron chi connectivity index (χ4n) is 0.450. The van der Waals surface area contributed by atoms with Gasteiger partial charge in [-0.3, -0.25) is 9.59 Å². The first-order valence-electron chi connectivity index (χ1n) is 3.54. The van der Waals surface area contributed by atoms with Crippen molar-refractivity contribution in [1.82, 2.24) is 5.32 Å². The molecule has 0 heterocycles. The van der Waals surface area contributed by atoms with Gasteiger partial charge in [-0.1, -0.05) is 11.8 Å². The Morgan fingerprint density at radius 1 is 1.31 bits per heavy atom. The number of aliphatic hydroxyl groups excluding tert-OH is 1. The lowest BCUT2D eigenvalue weighted by molar-refractivity contribution is -0.115. The second-order valence-corrected chi connectivity index (χ2v) is 1.94. The minimum Gasteiger partial charge on any atom is -0.384 e. The van der Waals surface area contributed by atoms with Crippen molar-refractivity contribution in [2.45, 2.75) is 6.42 Å². The molecule has 0 fully saturated rings. The Hall–Kier alpha value is -1.78. The Bertz CT molecular complexity index is 311. The Balaban J connectivity index is 3.93. The average Bonchev–Trinajstić information content (AvgIpc) is 2.14. The van der Waals surface area contributed by atoms with Gasteiger partial charge in [0.05, 0.1) is 6.42 Å². The van der Waals surface area contributed by atoms with E-state index in [9.17, 15) is 9.59 Å². The molecule has 0 aromatic heterocycles. The zero-order chi connectivity index (χ0) is 10.1. The Morgan fingerprint density at radius 3 is 2.54 bits per heavy atom.